The predicted molar refractivity (Wildman–Crippen MR) is 59.9 cm³/mol. The first-order chi connectivity index (χ1) is 6.05. The molecule has 0 spiro atoms. The monoisotopic (exact) mass is 176 g/mol. The largest absolute Gasteiger partial charge is 0.298 e. The molecule has 0 saturated carbocycles. The molecule has 0 N–H and O–H groups in total. The molecule has 0 fully saturated rings. The third-order valence-electron chi connectivity index (χ3n) is 2.08. The molecule has 0 aliphatic rings. The molecule has 0 saturated heterocycles. The molecule has 0 radical (unpaired) electrons. The fourth-order valence-electron chi connectivity index (χ4n) is 1.49. The Labute approximate surface area is 80.9 Å². The molecule has 0 bridgehead atoms. The number of rotatable bonds is 3. The SMILES string of the molecule is C=CCc1ccccc1[N+](C)(C)C. The van der Waals surface area contributed by atoms with E-state index in [0.29, 0.717) is 0 Å². The Hall–Kier alpha value is -1.08. The average molecular weight is 176 g/mol. The molecule has 1 rings (SSSR count). The standard InChI is InChI=1S/C12H18N/c1-5-8-11-9-6-7-10-12(11)13(2,3)4/h5-7,9-10H,1,8H2,2-4H3/q+1. The number of nitrogens with zero attached hydrogens (tertiary/aromatic N) is 1. The second-order valence-electron chi connectivity index (χ2n) is 4.13. The minimum Gasteiger partial charge on any atom is -0.298 e. The van der Waals surface area contributed by atoms with E-state index in [9.17, 15) is 0 Å². The van der Waals surface area contributed by atoms with Crippen molar-refractivity contribution < 1.29 is 0 Å². The number of allylic oxidation sites excluding steroid dienone is 1. The molecule has 0 unspecified atom stereocenters. The molecule has 0 aromatic heterocycles. The fourth-order valence-corrected chi connectivity index (χ4v) is 1.49. The summed E-state index contributed by atoms with van der Waals surface area (Å²) in [5.41, 5.74) is 2.73. The molecule has 0 aliphatic carbocycles. The van der Waals surface area contributed by atoms with E-state index in [4.69, 9.17) is 0 Å². The Kier molecular flexibility index (Phi) is 2.89. The van der Waals surface area contributed by atoms with Gasteiger partial charge in [-0.1, -0.05) is 24.3 Å². The first kappa shape index (κ1) is 10.0. The predicted octanol–water partition coefficient (Wildman–Crippen LogP) is 2.61. The molecule has 70 valence electrons. The second-order valence-corrected chi connectivity index (χ2v) is 4.13. The van der Waals surface area contributed by atoms with Crippen LogP contribution >= 0.6 is 0 Å². The van der Waals surface area contributed by atoms with Crippen LogP contribution in [0.3, 0.4) is 0 Å². The minimum atomic E-state index is 0.865. The van der Waals surface area contributed by atoms with Gasteiger partial charge in [0.1, 0.15) is 5.69 Å². The van der Waals surface area contributed by atoms with Gasteiger partial charge in [-0.25, -0.2) is 0 Å². The van der Waals surface area contributed by atoms with Gasteiger partial charge in [-0.15, -0.1) is 6.58 Å². The molecule has 0 amide bonds. The zero-order valence-corrected chi connectivity index (χ0v) is 8.75. The molecule has 1 aromatic carbocycles. The van der Waals surface area contributed by atoms with Gasteiger partial charge < -0.3 is 0 Å². The summed E-state index contributed by atoms with van der Waals surface area (Å²) in [6.45, 7) is 3.77. The molecule has 1 heteroatoms. The van der Waals surface area contributed by atoms with E-state index in [1.54, 1.807) is 0 Å². The molecule has 13 heavy (non-hydrogen) atoms. The lowest BCUT2D eigenvalue weighted by atomic mass is 10.1. The lowest BCUT2D eigenvalue weighted by Gasteiger charge is -2.25. The van der Waals surface area contributed by atoms with Crippen molar-refractivity contribution in [1.82, 2.24) is 4.48 Å². The summed E-state index contributed by atoms with van der Waals surface area (Å²) in [4.78, 5) is 0. The highest BCUT2D eigenvalue weighted by Crippen LogP contribution is 2.22. The van der Waals surface area contributed by atoms with E-state index >= 15 is 0 Å². The summed E-state index contributed by atoms with van der Waals surface area (Å²) >= 11 is 0. The summed E-state index contributed by atoms with van der Waals surface area (Å²) in [5, 5.41) is 0. The maximum absolute atomic E-state index is 3.77. The quantitative estimate of drug-likeness (QED) is 0.490. The van der Waals surface area contributed by atoms with Crippen LogP contribution in [-0.2, 0) is 6.42 Å². The lowest BCUT2D eigenvalue weighted by molar-refractivity contribution is 0.483. The zero-order valence-electron chi connectivity index (χ0n) is 8.75. The van der Waals surface area contributed by atoms with Gasteiger partial charge in [-0.2, -0.15) is 0 Å². The van der Waals surface area contributed by atoms with Gasteiger partial charge in [0.2, 0.25) is 0 Å². The van der Waals surface area contributed by atoms with Crippen LogP contribution in [0.2, 0.25) is 0 Å². The van der Waals surface area contributed by atoms with E-state index in [1.807, 2.05) is 6.08 Å². The molecule has 0 aliphatic heterocycles. The summed E-state index contributed by atoms with van der Waals surface area (Å²) in [7, 11) is 6.55. The van der Waals surface area contributed by atoms with Crippen LogP contribution in [0.4, 0.5) is 5.69 Å². The van der Waals surface area contributed by atoms with Crippen molar-refractivity contribution in [3.05, 3.63) is 42.5 Å². The van der Waals surface area contributed by atoms with E-state index in [2.05, 4.69) is 52.0 Å². The Morgan fingerprint density at radius 3 is 2.38 bits per heavy atom. The fraction of sp³-hybridized carbons (Fsp3) is 0.333. The van der Waals surface area contributed by atoms with E-state index < -0.39 is 0 Å². The van der Waals surface area contributed by atoms with Gasteiger partial charge in [0.15, 0.2) is 0 Å². The topological polar surface area (TPSA) is 0 Å². The van der Waals surface area contributed by atoms with Crippen molar-refractivity contribution in [3.63, 3.8) is 0 Å². The van der Waals surface area contributed by atoms with Crippen LogP contribution in [-0.4, -0.2) is 21.1 Å². The first-order valence-corrected chi connectivity index (χ1v) is 4.56. The van der Waals surface area contributed by atoms with Crippen molar-refractivity contribution >= 4 is 5.69 Å². The Bertz CT molecular complexity index is 294. The molecule has 0 heterocycles. The maximum atomic E-state index is 3.77. The molecular formula is C12H18N+. The Balaban J connectivity index is 3.11. The third-order valence-corrected chi connectivity index (χ3v) is 2.08. The average Bonchev–Trinajstić information content (AvgIpc) is 2.04. The van der Waals surface area contributed by atoms with Crippen molar-refractivity contribution in [2.45, 2.75) is 6.42 Å². The van der Waals surface area contributed by atoms with Gasteiger partial charge in [-0.05, 0) is 12.5 Å². The van der Waals surface area contributed by atoms with Crippen LogP contribution in [0.1, 0.15) is 5.56 Å². The van der Waals surface area contributed by atoms with Gasteiger partial charge in [-0.3, -0.25) is 4.48 Å². The highest BCUT2D eigenvalue weighted by atomic mass is 15.3. The number of para-hydroxylation sites is 1. The highest BCUT2D eigenvalue weighted by Gasteiger charge is 2.15. The summed E-state index contributed by atoms with van der Waals surface area (Å²) in [6.07, 6.45) is 2.90. The minimum absolute atomic E-state index is 0.865. The number of hydrogen-bond donors (Lipinski definition) is 0. The maximum Gasteiger partial charge on any atom is 0.135 e. The van der Waals surface area contributed by atoms with E-state index in [-0.39, 0.29) is 0 Å². The lowest BCUT2D eigenvalue weighted by Crippen LogP contribution is -2.35. The Morgan fingerprint density at radius 1 is 1.23 bits per heavy atom. The van der Waals surface area contributed by atoms with Crippen molar-refractivity contribution in [3.8, 4) is 0 Å². The van der Waals surface area contributed by atoms with Gasteiger partial charge in [0, 0.05) is 5.56 Å². The number of hydrogen-bond acceptors (Lipinski definition) is 0. The summed E-state index contributed by atoms with van der Waals surface area (Å²) in [5.74, 6) is 0. The van der Waals surface area contributed by atoms with Crippen LogP contribution < -0.4 is 4.48 Å². The van der Waals surface area contributed by atoms with Gasteiger partial charge >= 0.3 is 0 Å². The smallest absolute Gasteiger partial charge is 0.135 e. The number of benzene rings is 1. The third kappa shape index (κ3) is 2.43. The second kappa shape index (κ2) is 3.75. The van der Waals surface area contributed by atoms with Crippen LogP contribution in [0.15, 0.2) is 36.9 Å². The van der Waals surface area contributed by atoms with Crippen molar-refractivity contribution in [2.24, 2.45) is 0 Å². The summed E-state index contributed by atoms with van der Waals surface area (Å²) in [6, 6.07) is 8.52. The van der Waals surface area contributed by atoms with Crippen molar-refractivity contribution in [1.29, 1.82) is 0 Å². The van der Waals surface area contributed by atoms with Gasteiger partial charge in [0.05, 0.1) is 21.1 Å². The molecule has 0 atom stereocenters. The highest BCUT2D eigenvalue weighted by molar-refractivity contribution is 5.49. The van der Waals surface area contributed by atoms with Gasteiger partial charge in [0.25, 0.3) is 0 Å². The zero-order chi connectivity index (χ0) is 9.90. The van der Waals surface area contributed by atoms with Crippen molar-refractivity contribution in [2.75, 3.05) is 21.1 Å². The first-order valence-electron chi connectivity index (χ1n) is 4.56. The molecule has 1 nitrogen and oxygen atoms in total. The van der Waals surface area contributed by atoms with E-state index in [1.165, 1.54) is 11.3 Å². The normalized spacial score (nSPS) is 11.3. The molecular weight excluding hydrogens is 158 g/mol. The van der Waals surface area contributed by atoms with Crippen LogP contribution in [0.25, 0.3) is 0 Å². The van der Waals surface area contributed by atoms with E-state index in [0.717, 1.165) is 10.9 Å². The van der Waals surface area contributed by atoms with Crippen LogP contribution in [0, 0.1) is 0 Å². The van der Waals surface area contributed by atoms with Crippen LogP contribution in [0.5, 0.6) is 0 Å². The summed E-state index contributed by atoms with van der Waals surface area (Å²) < 4.78 is 0.865. The number of quaternary nitrogens is 1. The Morgan fingerprint density at radius 2 is 1.85 bits per heavy atom. The molecule has 1 aromatic rings.